The van der Waals surface area contributed by atoms with E-state index in [0.29, 0.717) is 24.3 Å². The van der Waals surface area contributed by atoms with Crippen LogP contribution < -0.4 is 9.47 Å². The molecule has 0 spiro atoms. The van der Waals surface area contributed by atoms with Crippen molar-refractivity contribution < 1.29 is 24.0 Å². The maximum absolute atomic E-state index is 13.3. The summed E-state index contributed by atoms with van der Waals surface area (Å²) in [6.07, 6.45) is 4.98. The highest BCUT2D eigenvalue weighted by Crippen LogP contribution is 2.42. The summed E-state index contributed by atoms with van der Waals surface area (Å²) < 4.78 is 10.3. The summed E-state index contributed by atoms with van der Waals surface area (Å²) in [5, 5.41) is 12.3. The second kappa shape index (κ2) is 11.6. The smallest absolute Gasteiger partial charge is 0.224 e. The molecule has 0 N–H and O–H groups in total. The van der Waals surface area contributed by atoms with E-state index in [4.69, 9.17) is 9.47 Å². The van der Waals surface area contributed by atoms with Crippen molar-refractivity contribution in [2.75, 3.05) is 14.2 Å². The van der Waals surface area contributed by atoms with Crippen molar-refractivity contribution in [3.05, 3.63) is 75.8 Å². The van der Waals surface area contributed by atoms with E-state index in [1.54, 1.807) is 68.8 Å². The molecular formula is C27H31NO6. The number of hydrogen-bond donors (Lipinski definition) is 0. The van der Waals surface area contributed by atoms with Gasteiger partial charge in [-0.1, -0.05) is 50.1 Å². The van der Waals surface area contributed by atoms with Gasteiger partial charge in [0.1, 0.15) is 17.3 Å². The molecule has 2 aromatic rings. The molecule has 7 heteroatoms. The molecule has 0 aromatic heterocycles. The van der Waals surface area contributed by atoms with Crippen molar-refractivity contribution in [2.24, 2.45) is 11.8 Å². The van der Waals surface area contributed by atoms with Crippen LogP contribution >= 0.6 is 0 Å². The first-order chi connectivity index (χ1) is 16.4. The Labute approximate surface area is 199 Å². The first kappa shape index (κ1) is 25.1. The molecule has 0 amide bonds. The van der Waals surface area contributed by atoms with E-state index in [1.807, 2.05) is 6.92 Å². The second-order valence-electron chi connectivity index (χ2n) is 8.62. The standard InChI is InChI=1S/C27H31NO6/c1-4-5-6-22-26(24(29)16-9-18-7-12-20(33-2)13-8-18)25(30)17-23(27(22)28(31)32)19-10-14-21(34-3)15-11-19/h7-16,22-23,26-27H,4-6,17H2,1-3H3. The van der Waals surface area contributed by atoms with Gasteiger partial charge in [-0.2, -0.15) is 0 Å². The molecule has 34 heavy (non-hydrogen) atoms. The molecule has 180 valence electrons. The molecular weight excluding hydrogens is 434 g/mol. The molecule has 0 bridgehead atoms. The van der Waals surface area contributed by atoms with Crippen molar-refractivity contribution in [2.45, 2.75) is 44.6 Å². The Morgan fingerprint density at radius 3 is 2.18 bits per heavy atom. The summed E-state index contributed by atoms with van der Waals surface area (Å²) in [4.78, 5) is 38.4. The molecule has 0 heterocycles. The predicted octanol–water partition coefficient (Wildman–Crippen LogP) is 5.11. The second-order valence-corrected chi connectivity index (χ2v) is 8.62. The highest BCUT2D eigenvalue weighted by Gasteiger charge is 2.52. The van der Waals surface area contributed by atoms with Gasteiger partial charge in [-0.3, -0.25) is 19.7 Å². The Hall–Kier alpha value is -3.48. The van der Waals surface area contributed by atoms with E-state index in [0.717, 1.165) is 17.5 Å². The maximum Gasteiger partial charge on any atom is 0.224 e. The van der Waals surface area contributed by atoms with Crippen LogP contribution in [0.15, 0.2) is 54.6 Å². The SMILES string of the molecule is CCCCC1C(C(=O)C=Cc2ccc(OC)cc2)C(=O)CC(c2ccc(OC)cc2)C1[N+](=O)[O-]. The molecule has 0 aliphatic heterocycles. The van der Waals surface area contributed by atoms with Crippen LogP contribution in [0.3, 0.4) is 0 Å². The van der Waals surface area contributed by atoms with Crippen molar-refractivity contribution in [3.8, 4) is 11.5 Å². The third kappa shape index (κ3) is 5.71. The molecule has 2 aromatic carbocycles. The number of carbonyl (C=O) groups is 2. The summed E-state index contributed by atoms with van der Waals surface area (Å²) in [7, 11) is 3.12. The quantitative estimate of drug-likeness (QED) is 0.209. The number of nitrogens with zero attached hydrogens (tertiary/aromatic N) is 1. The summed E-state index contributed by atoms with van der Waals surface area (Å²) in [5.41, 5.74) is 1.50. The number of carbonyl (C=O) groups excluding carboxylic acids is 2. The molecule has 3 rings (SSSR count). The topological polar surface area (TPSA) is 95.7 Å². The highest BCUT2D eigenvalue weighted by atomic mass is 16.6. The zero-order valence-corrected chi connectivity index (χ0v) is 19.8. The average molecular weight is 466 g/mol. The Kier molecular flexibility index (Phi) is 8.57. The summed E-state index contributed by atoms with van der Waals surface area (Å²) in [5.74, 6) is -1.51. The number of hydrogen-bond acceptors (Lipinski definition) is 6. The average Bonchev–Trinajstić information content (AvgIpc) is 2.85. The van der Waals surface area contributed by atoms with Gasteiger partial charge in [0, 0.05) is 17.3 Å². The van der Waals surface area contributed by atoms with Gasteiger partial charge in [0.2, 0.25) is 6.04 Å². The van der Waals surface area contributed by atoms with Crippen LogP contribution in [-0.4, -0.2) is 36.8 Å². The Balaban J connectivity index is 1.91. The number of ketones is 2. The lowest BCUT2D eigenvalue weighted by Crippen LogP contribution is -2.49. The lowest BCUT2D eigenvalue weighted by Gasteiger charge is -2.36. The van der Waals surface area contributed by atoms with E-state index >= 15 is 0 Å². The van der Waals surface area contributed by atoms with E-state index < -0.39 is 23.8 Å². The largest absolute Gasteiger partial charge is 0.497 e. The van der Waals surface area contributed by atoms with Gasteiger partial charge in [0.25, 0.3) is 0 Å². The number of nitro groups is 1. The lowest BCUT2D eigenvalue weighted by molar-refractivity contribution is -0.539. The van der Waals surface area contributed by atoms with E-state index in [2.05, 4.69) is 0 Å². The van der Waals surface area contributed by atoms with Crippen LogP contribution in [-0.2, 0) is 9.59 Å². The molecule has 4 unspecified atom stereocenters. The summed E-state index contributed by atoms with van der Waals surface area (Å²) in [6, 6.07) is 13.2. The van der Waals surface area contributed by atoms with E-state index in [9.17, 15) is 19.7 Å². The monoisotopic (exact) mass is 465 g/mol. The molecule has 1 fully saturated rings. The molecule has 1 aliphatic rings. The predicted molar refractivity (Wildman–Crippen MR) is 130 cm³/mol. The minimum absolute atomic E-state index is 0.0343. The van der Waals surface area contributed by atoms with Gasteiger partial charge in [-0.05, 0) is 47.9 Å². The fraction of sp³-hybridized carbons (Fsp3) is 0.407. The van der Waals surface area contributed by atoms with Crippen LogP contribution in [0.5, 0.6) is 11.5 Å². The highest BCUT2D eigenvalue weighted by molar-refractivity contribution is 6.10. The van der Waals surface area contributed by atoms with Crippen LogP contribution in [0.1, 0.15) is 49.7 Å². The van der Waals surface area contributed by atoms with Gasteiger partial charge in [0.15, 0.2) is 5.78 Å². The molecule has 0 saturated heterocycles. The number of allylic oxidation sites excluding steroid dienone is 1. The minimum Gasteiger partial charge on any atom is -0.497 e. The van der Waals surface area contributed by atoms with Crippen molar-refractivity contribution in [1.82, 2.24) is 0 Å². The normalized spacial score (nSPS) is 22.5. The Morgan fingerprint density at radius 1 is 1.06 bits per heavy atom. The zero-order chi connectivity index (χ0) is 24.7. The van der Waals surface area contributed by atoms with Gasteiger partial charge in [-0.25, -0.2) is 0 Å². The number of ether oxygens (including phenoxy) is 2. The van der Waals surface area contributed by atoms with Gasteiger partial charge >= 0.3 is 0 Å². The zero-order valence-electron chi connectivity index (χ0n) is 19.8. The van der Waals surface area contributed by atoms with Crippen LogP contribution in [0.2, 0.25) is 0 Å². The number of methoxy groups -OCH3 is 2. The van der Waals surface area contributed by atoms with Crippen molar-refractivity contribution >= 4 is 17.6 Å². The van der Waals surface area contributed by atoms with Crippen LogP contribution in [0, 0.1) is 22.0 Å². The Bertz CT molecular complexity index is 1030. The number of rotatable bonds is 10. The van der Waals surface area contributed by atoms with Crippen molar-refractivity contribution in [3.63, 3.8) is 0 Å². The van der Waals surface area contributed by atoms with E-state index in [1.165, 1.54) is 6.08 Å². The van der Waals surface area contributed by atoms with E-state index in [-0.39, 0.29) is 22.9 Å². The number of benzene rings is 2. The fourth-order valence-corrected chi connectivity index (χ4v) is 4.81. The summed E-state index contributed by atoms with van der Waals surface area (Å²) >= 11 is 0. The minimum atomic E-state index is -1.01. The van der Waals surface area contributed by atoms with Gasteiger partial charge < -0.3 is 9.47 Å². The molecule has 1 aliphatic carbocycles. The molecule has 1 saturated carbocycles. The van der Waals surface area contributed by atoms with Crippen LogP contribution in [0.25, 0.3) is 6.08 Å². The Morgan fingerprint density at radius 2 is 1.65 bits per heavy atom. The first-order valence-electron chi connectivity index (χ1n) is 11.6. The van der Waals surface area contributed by atoms with Gasteiger partial charge in [0.05, 0.1) is 26.1 Å². The third-order valence-corrected chi connectivity index (χ3v) is 6.59. The molecule has 0 radical (unpaired) electrons. The third-order valence-electron chi connectivity index (χ3n) is 6.59. The van der Waals surface area contributed by atoms with Crippen molar-refractivity contribution in [1.29, 1.82) is 0 Å². The number of unbranched alkanes of at least 4 members (excludes halogenated alkanes) is 1. The first-order valence-corrected chi connectivity index (χ1v) is 11.6. The van der Waals surface area contributed by atoms with Crippen LogP contribution in [0.4, 0.5) is 0 Å². The number of Topliss-reactive ketones (excluding diaryl/α,β-unsaturated/α-hetero) is 1. The lowest BCUT2D eigenvalue weighted by atomic mass is 9.65. The molecule has 4 atom stereocenters. The fourth-order valence-electron chi connectivity index (χ4n) is 4.81. The van der Waals surface area contributed by atoms with Gasteiger partial charge in [-0.15, -0.1) is 0 Å². The maximum atomic E-state index is 13.3. The molecule has 7 nitrogen and oxygen atoms in total. The summed E-state index contributed by atoms with van der Waals surface area (Å²) in [6.45, 7) is 1.99.